The molecule has 0 spiro atoms. The number of hydrogen-bond donors (Lipinski definition) is 1. The Bertz CT molecular complexity index is 504. The lowest BCUT2D eigenvalue weighted by Gasteiger charge is -2.27. The van der Waals surface area contributed by atoms with Crippen LogP contribution < -0.4 is 5.32 Å². The number of thiazole rings is 1. The lowest BCUT2D eigenvalue weighted by molar-refractivity contribution is 0.00388. The molecule has 6 heteroatoms. The quantitative estimate of drug-likeness (QED) is 0.896. The molecule has 1 aromatic heterocycles. The van der Waals surface area contributed by atoms with Crippen molar-refractivity contribution >= 4 is 17.4 Å². The fourth-order valence-corrected chi connectivity index (χ4v) is 3.55. The Morgan fingerprint density at radius 3 is 2.87 bits per heavy atom. The predicted octanol–water partition coefficient (Wildman–Crippen LogP) is 3.19. The van der Waals surface area contributed by atoms with Crippen LogP contribution in [-0.4, -0.2) is 48.8 Å². The van der Waals surface area contributed by atoms with Gasteiger partial charge in [-0.2, -0.15) is 0 Å². The lowest BCUT2D eigenvalue weighted by atomic mass is 9.93. The Hall–Kier alpha value is -1.14. The van der Waals surface area contributed by atoms with Gasteiger partial charge in [0.05, 0.1) is 16.8 Å². The minimum absolute atomic E-state index is 0.0354. The highest BCUT2D eigenvalue weighted by Gasteiger charge is 2.19. The van der Waals surface area contributed by atoms with E-state index >= 15 is 0 Å². The minimum atomic E-state index is -0.0354. The summed E-state index contributed by atoms with van der Waals surface area (Å²) in [5.41, 5.74) is 1.20. The molecule has 5 nitrogen and oxygen atoms in total. The summed E-state index contributed by atoms with van der Waals surface area (Å²) in [5, 5.41) is 6.16. The summed E-state index contributed by atoms with van der Waals surface area (Å²) >= 11 is 1.67. The second-order valence-corrected chi connectivity index (χ2v) is 8.17. The SMILES string of the molecule is CN(C[C@H]1CCCCO1)C(=O)NCCc1nc(C(C)(C)C)cs1. The van der Waals surface area contributed by atoms with Gasteiger partial charge in [0.2, 0.25) is 0 Å². The number of nitrogens with zero attached hydrogens (tertiary/aromatic N) is 2. The molecule has 0 radical (unpaired) electrons. The molecule has 1 N–H and O–H groups in total. The van der Waals surface area contributed by atoms with Gasteiger partial charge in [-0.05, 0) is 19.3 Å². The van der Waals surface area contributed by atoms with Crippen molar-refractivity contribution in [3.63, 3.8) is 0 Å². The Morgan fingerprint density at radius 1 is 1.48 bits per heavy atom. The Kier molecular flexibility index (Phi) is 6.41. The van der Waals surface area contributed by atoms with Gasteiger partial charge in [0.15, 0.2) is 0 Å². The average molecular weight is 340 g/mol. The van der Waals surface area contributed by atoms with E-state index in [-0.39, 0.29) is 17.6 Å². The molecular weight excluding hydrogens is 310 g/mol. The van der Waals surface area contributed by atoms with Crippen LogP contribution in [-0.2, 0) is 16.6 Å². The summed E-state index contributed by atoms with van der Waals surface area (Å²) in [4.78, 5) is 18.5. The van der Waals surface area contributed by atoms with Gasteiger partial charge in [-0.1, -0.05) is 20.8 Å². The molecule has 1 aromatic rings. The van der Waals surface area contributed by atoms with Crippen molar-refractivity contribution in [2.24, 2.45) is 0 Å². The molecule has 1 atom stereocenters. The zero-order valence-electron chi connectivity index (χ0n) is 14.7. The Labute approximate surface area is 143 Å². The first-order valence-electron chi connectivity index (χ1n) is 8.41. The van der Waals surface area contributed by atoms with E-state index in [0.717, 1.165) is 36.6 Å². The number of amides is 2. The minimum Gasteiger partial charge on any atom is -0.376 e. The van der Waals surface area contributed by atoms with Crippen molar-refractivity contribution in [3.05, 3.63) is 16.1 Å². The van der Waals surface area contributed by atoms with Crippen LogP contribution in [0.5, 0.6) is 0 Å². The van der Waals surface area contributed by atoms with E-state index < -0.39 is 0 Å². The maximum absolute atomic E-state index is 12.1. The predicted molar refractivity (Wildman–Crippen MR) is 94.1 cm³/mol. The lowest BCUT2D eigenvalue weighted by Crippen LogP contribution is -2.43. The number of urea groups is 1. The number of rotatable bonds is 5. The molecule has 2 amide bonds. The number of likely N-dealkylation sites (N-methyl/N-ethyl adjacent to an activating group) is 1. The van der Waals surface area contributed by atoms with Crippen molar-refractivity contribution in [1.82, 2.24) is 15.2 Å². The zero-order chi connectivity index (χ0) is 16.9. The highest BCUT2D eigenvalue weighted by atomic mass is 32.1. The second kappa shape index (κ2) is 8.11. The van der Waals surface area contributed by atoms with Crippen LogP contribution in [0.15, 0.2) is 5.38 Å². The molecule has 130 valence electrons. The molecule has 1 fully saturated rings. The van der Waals surface area contributed by atoms with Gasteiger partial charge in [-0.3, -0.25) is 0 Å². The summed E-state index contributed by atoms with van der Waals surface area (Å²) in [6.45, 7) is 8.59. The van der Waals surface area contributed by atoms with Crippen LogP contribution in [0.1, 0.15) is 50.7 Å². The van der Waals surface area contributed by atoms with Crippen molar-refractivity contribution in [2.45, 2.75) is 58.0 Å². The number of carbonyl (C=O) groups is 1. The van der Waals surface area contributed by atoms with E-state index in [1.165, 1.54) is 6.42 Å². The first-order valence-corrected chi connectivity index (χ1v) is 9.29. The molecule has 1 aliphatic rings. The van der Waals surface area contributed by atoms with Gasteiger partial charge in [0.25, 0.3) is 0 Å². The van der Waals surface area contributed by atoms with Gasteiger partial charge >= 0.3 is 6.03 Å². The largest absolute Gasteiger partial charge is 0.376 e. The van der Waals surface area contributed by atoms with E-state index in [1.807, 2.05) is 7.05 Å². The number of nitrogens with one attached hydrogen (secondary N) is 1. The molecule has 23 heavy (non-hydrogen) atoms. The van der Waals surface area contributed by atoms with Crippen LogP contribution in [0.4, 0.5) is 4.79 Å². The number of aromatic nitrogens is 1. The molecule has 0 aliphatic carbocycles. The van der Waals surface area contributed by atoms with Crippen LogP contribution in [0.2, 0.25) is 0 Å². The second-order valence-electron chi connectivity index (χ2n) is 7.23. The fourth-order valence-electron chi connectivity index (χ4n) is 2.52. The number of ether oxygens (including phenoxy) is 1. The van der Waals surface area contributed by atoms with E-state index in [2.05, 4.69) is 36.5 Å². The first kappa shape index (κ1) is 18.2. The topological polar surface area (TPSA) is 54.5 Å². The standard InChI is InChI=1S/C17H29N3O2S/c1-17(2,3)14-12-23-15(19-14)8-9-18-16(21)20(4)11-13-7-5-6-10-22-13/h12-13H,5-11H2,1-4H3,(H,18,21)/t13-/m1/s1. The van der Waals surface area contributed by atoms with Crippen molar-refractivity contribution < 1.29 is 9.53 Å². The monoisotopic (exact) mass is 339 g/mol. The third-order valence-corrected chi connectivity index (χ3v) is 4.94. The van der Waals surface area contributed by atoms with E-state index in [4.69, 9.17) is 4.74 Å². The molecule has 0 bridgehead atoms. The fraction of sp³-hybridized carbons (Fsp3) is 0.765. The van der Waals surface area contributed by atoms with Crippen LogP contribution in [0.25, 0.3) is 0 Å². The van der Waals surface area contributed by atoms with Crippen LogP contribution in [0, 0.1) is 0 Å². The Balaban J connectivity index is 1.70. The summed E-state index contributed by atoms with van der Waals surface area (Å²) < 4.78 is 5.68. The van der Waals surface area contributed by atoms with Gasteiger partial charge in [0, 0.05) is 44.0 Å². The average Bonchev–Trinajstić information content (AvgIpc) is 2.97. The number of hydrogen-bond acceptors (Lipinski definition) is 4. The molecule has 2 heterocycles. The third-order valence-electron chi connectivity index (χ3n) is 4.03. The zero-order valence-corrected chi connectivity index (χ0v) is 15.5. The van der Waals surface area contributed by atoms with E-state index in [9.17, 15) is 4.79 Å². The van der Waals surface area contributed by atoms with E-state index in [1.54, 1.807) is 16.2 Å². The highest BCUT2D eigenvalue weighted by Crippen LogP contribution is 2.23. The smallest absolute Gasteiger partial charge is 0.317 e. The summed E-state index contributed by atoms with van der Waals surface area (Å²) in [6, 6.07) is -0.0354. The summed E-state index contributed by atoms with van der Waals surface area (Å²) in [7, 11) is 1.83. The maximum Gasteiger partial charge on any atom is 0.317 e. The summed E-state index contributed by atoms with van der Waals surface area (Å²) in [5.74, 6) is 0. The molecule has 0 aromatic carbocycles. The van der Waals surface area contributed by atoms with Crippen molar-refractivity contribution in [2.75, 3.05) is 26.7 Å². The molecular formula is C17H29N3O2S. The highest BCUT2D eigenvalue weighted by molar-refractivity contribution is 7.09. The van der Waals surface area contributed by atoms with Crippen LogP contribution in [0.3, 0.4) is 0 Å². The Morgan fingerprint density at radius 2 is 2.26 bits per heavy atom. The van der Waals surface area contributed by atoms with Gasteiger partial charge in [-0.15, -0.1) is 11.3 Å². The molecule has 2 rings (SSSR count). The molecule has 1 saturated heterocycles. The van der Waals surface area contributed by atoms with Crippen molar-refractivity contribution in [1.29, 1.82) is 0 Å². The van der Waals surface area contributed by atoms with E-state index in [0.29, 0.717) is 13.1 Å². The van der Waals surface area contributed by atoms with Gasteiger partial charge < -0.3 is 15.0 Å². The summed E-state index contributed by atoms with van der Waals surface area (Å²) in [6.07, 6.45) is 4.34. The third kappa shape index (κ3) is 5.77. The maximum atomic E-state index is 12.1. The van der Waals surface area contributed by atoms with Crippen molar-refractivity contribution in [3.8, 4) is 0 Å². The normalized spacial score (nSPS) is 18.7. The number of carbonyl (C=O) groups excluding carboxylic acids is 1. The van der Waals surface area contributed by atoms with Gasteiger partial charge in [-0.25, -0.2) is 9.78 Å². The van der Waals surface area contributed by atoms with Crippen LogP contribution >= 0.6 is 11.3 Å². The molecule has 0 saturated carbocycles. The molecule has 1 aliphatic heterocycles. The first-order chi connectivity index (χ1) is 10.9. The van der Waals surface area contributed by atoms with Gasteiger partial charge in [0.1, 0.15) is 0 Å². The molecule has 0 unspecified atom stereocenters.